The standard InChI is InChI=1S/C17H22N4O2S/c1-11-6-12(2)9-20(8-11)16(22)10-21-17(23)13(18)7-14(19-21)15-4-3-5-24-15/h3-5,7,11-12H,6,8-10,18H2,1-2H3/t11-,12-/m1/s1. The van der Waals surface area contributed by atoms with Crippen LogP contribution in [-0.4, -0.2) is 33.7 Å². The van der Waals surface area contributed by atoms with E-state index in [1.165, 1.54) is 16.0 Å². The van der Waals surface area contributed by atoms with E-state index in [1.54, 1.807) is 6.07 Å². The van der Waals surface area contributed by atoms with Crippen LogP contribution in [0.1, 0.15) is 20.3 Å². The Kier molecular flexibility index (Phi) is 4.71. The van der Waals surface area contributed by atoms with Gasteiger partial charge in [-0.05, 0) is 35.8 Å². The van der Waals surface area contributed by atoms with Crippen molar-refractivity contribution in [2.75, 3.05) is 18.8 Å². The Morgan fingerprint density at radius 1 is 1.38 bits per heavy atom. The Morgan fingerprint density at radius 3 is 2.71 bits per heavy atom. The van der Waals surface area contributed by atoms with Gasteiger partial charge in [-0.2, -0.15) is 5.10 Å². The fraction of sp³-hybridized carbons (Fsp3) is 0.471. The van der Waals surface area contributed by atoms with Crippen molar-refractivity contribution in [3.8, 4) is 10.6 Å². The topological polar surface area (TPSA) is 81.2 Å². The highest BCUT2D eigenvalue weighted by Gasteiger charge is 2.26. The molecule has 2 aromatic heterocycles. The van der Waals surface area contributed by atoms with Gasteiger partial charge in [-0.3, -0.25) is 9.59 Å². The van der Waals surface area contributed by atoms with Gasteiger partial charge in [0.15, 0.2) is 0 Å². The number of likely N-dealkylation sites (tertiary alicyclic amines) is 1. The van der Waals surface area contributed by atoms with E-state index in [-0.39, 0.29) is 18.1 Å². The van der Waals surface area contributed by atoms with Gasteiger partial charge in [0.25, 0.3) is 5.56 Å². The number of carbonyl (C=O) groups excluding carboxylic acids is 1. The maximum absolute atomic E-state index is 12.6. The second-order valence-electron chi connectivity index (χ2n) is 6.67. The average molecular weight is 346 g/mol. The molecule has 2 N–H and O–H groups in total. The van der Waals surface area contributed by atoms with Gasteiger partial charge < -0.3 is 10.6 Å². The molecular weight excluding hydrogens is 324 g/mol. The lowest BCUT2D eigenvalue weighted by Gasteiger charge is -2.35. The lowest BCUT2D eigenvalue weighted by molar-refractivity contribution is -0.134. The van der Waals surface area contributed by atoms with Crippen molar-refractivity contribution >= 4 is 22.9 Å². The van der Waals surface area contributed by atoms with E-state index < -0.39 is 5.56 Å². The highest BCUT2D eigenvalue weighted by atomic mass is 32.1. The summed E-state index contributed by atoms with van der Waals surface area (Å²) in [5.74, 6) is 0.875. The van der Waals surface area contributed by atoms with Crippen molar-refractivity contribution in [2.24, 2.45) is 11.8 Å². The normalized spacial score (nSPS) is 21.0. The number of nitrogens with zero attached hydrogens (tertiary/aromatic N) is 3. The second kappa shape index (κ2) is 6.76. The van der Waals surface area contributed by atoms with Crippen LogP contribution in [0, 0.1) is 11.8 Å². The minimum Gasteiger partial charge on any atom is -0.394 e. The molecule has 0 bridgehead atoms. The molecule has 1 aliphatic rings. The van der Waals surface area contributed by atoms with Crippen molar-refractivity contribution in [2.45, 2.75) is 26.8 Å². The summed E-state index contributed by atoms with van der Waals surface area (Å²) in [6, 6.07) is 5.40. The molecule has 6 nitrogen and oxygen atoms in total. The number of nitrogens with two attached hydrogens (primary N) is 1. The second-order valence-corrected chi connectivity index (χ2v) is 7.62. The summed E-state index contributed by atoms with van der Waals surface area (Å²) in [4.78, 5) is 27.6. The zero-order valence-corrected chi connectivity index (χ0v) is 14.8. The Labute approximate surface area is 144 Å². The summed E-state index contributed by atoms with van der Waals surface area (Å²) in [5, 5.41) is 6.27. The van der Waals surface area contributed by atoms with Crippen molar-refractivity contribution in [3.63, 3.8) is 0 Å². The molecule has 1 fully saturated rings. The number of hydrogen-bond acceptors (Lipinski definition) is 5. The maximum atomic E-state index is 12.6. The molecule has 128 valence electrons. The quantitative estimate of drug-likeness (QED) is 0.922. The molecule has 0 saturated carbocycles. The van der Waals surface area contributed by atoms with Crippen molar-refractivity contribution in [3.05, 3.63) is 33.9 Å². The monoisotopic (exact) mass is 346 g/mol. The molecule has 0 aromatic carbocycles. The Hall–Kier alpha value is -2.15. The SMILES string of the molecule is C[C@@H]1C[C@@H](C)CN(C(=O)Cn2nc(-c3cccs3)cc(N)c2=O)C1. The van der Waals surface area contributed by atoms with Gasteiger partial charge >= 0.3 is 0 Å². The lowest BCUT2D eigenvalue weighted by atomic mass is 9.92. The number of thiophene rings is 1. The molecule has 0 spiro atoms. The van der Waals surface area contributed by atoms with Crippen LogP contribution in [0.5, 0.6) is 0 Å². The van der Waals surface area contributed by atoms with Crippen LogP contribution in [-0.2, 0) is 11.3 Å². The summed E-state index contributed by atoms with van der Waals surface area (Å²) < 4.78 is 1.19. The summed E-state index contributed by atoms with van der Waals surface area (Å²) in [5.41, 5.74) is 6.15. The van der Waals surface area contributed by atoms with Crippen LogP contribution >= 0.6 is 11.3 Å². The Balaban J connectivity index is 1.84. The van der Waals surface area contributed by atoms with Gasteiger partial charge in [0.2, 0.25) is 5.91 Å². The molecule has 0 aliphatic carbocycles. The van der Waals surface area contributed by atoms with Crippen LogP contribution in [0.15, 0.2) is 28.4 Å². The molecule has 1 aliphatic heterocycles. The third-order valence-electron chi connectivity index (χ3n) is 4.28. The summed E-state index contributed by atoms with van der Waals surface area (Å²) >= 11 is 1.52. The average Bonchev–Trinajstić information content (AvgIpc) is 3.05. The van der Waals surface area contributed by atoms with E-state index in [2.05, 4.69) is 18.9 Å². The van der Waals surface area contributed by atoms with Crippen molar-refractivity contribution in [1.29, 1.82) is 0 Å². The zero-order chi connectivity index (χ0) is 17.3. The molecule has 7 heteroatoms. The first kappa shape index (κ1) is 16.7. The molecule has 3 rings (SSSR count). The van der Waals surface area contributed by atoms with Crippen molar-refractivity contribution in [1.82, 2.24) is 14.7 Å². The predicted octanol–water partition coefficient (Wildman–Crippen LogP) is 2.06. The van der Waals surface area contributed by atoms with E-state index >= 15 is 0 Å². The maximum Gasteiger partial charge on any atom is 0.290 e. The van der Waals surface area contributed by atoms with Gasteiger partial charge in [-0.25, -0.2) is 4.68 Å². The third-order valence-corrected chi connectivity index (χ3v) is 5.17. The molecule has 0 unspecified atom stereocenters. The fourth-order valence-corrected chi connectivity index (χ4v) is 3.99. The van der Waals surface area contributed by atoms with Gasteiger partial charge in [0.05, 0.1) is 4.88 Å². The molecule has 24 heavy (non-hydrogen) atoms. The van der Waals surface area contributed by atoms with E-state index in [1.807, 2.05) is 22.4 Å². The number of rotatable bonds is 3. The number of piperidine rings is 1. The van der Waals surface area contributed by atoms with Gasteiger partial charge in [0.1, 0.15) is 17.9 Å². The van der Waals surface area contributed by atoms with E-state index in [9.17, 15) is 9.59 Å². The fourth-order valence-electron chi connectivity index (χ4n) is 3.31. The number of carbonyl (C=O) groups is 1. The molecular formula is C17H22N4O2S. The molecule has 2 aromatic rings. The number of hydrogen-bond donors (Lipinski definition) is 1. The van der Waals surface area contributed by atoms with Crippen molar-refractivity contribution < 1.29 is 4.79 Å². The Bertz CT molecular complexity index is 774. The highest BCUT2D eigenvalue weighted by molar-refractivity contribution is 7.13. The summed E-state index contributed by atoms with van der Waals surface area (Å²) in [6.07, 6.45) is 1.13. The van der Waals surface area contributed by atoms with Crippen LogP contribution in [0.2, 0.25) is 0 Å². The number of anilines is 1. The highest BCUT2D eigenvalue weighted by Crippen LogP contribution is 2.23. The summed E-state index contributed by atoms with van der Waals surface area (Å²) in [6.45, 7) is 5.70. The number of aromatic nitrogens is 2. The molecule has 1 amide bonds. The predicted molar refractivity (Wildman–Crippen MR) is 95.7 cm³/mol. The number of amides is 1. The lowest BCUT2D eigenvalue weighted by Crippen LogP contribution is -2.45. The first-order valence-electron chi connectivity index (χ1n) is 8.13. The Morgan fingerprint density at radius 2 is 2.08 bits per heavy atom. The summed E-state index contributed by atoms with van der Waals surface area (Å²) in [7, 11) is 0. The van der Waals surface area contributed by atoms with E-state index in [0.717, 1.165) is 24.4 Å². The smallest absolute Gasteiger partial charge is 0.290 e. The van der Waals surface area contributed by atoms with Gasteiger partial charge in [-0.1, -0.05) is 19.9 Å². The van der Waals surface area contributed by atoms with Crippen LogP contribution in [0.4, 0.5) is 5.69 Å². The minimum absolute atomic E-state index is 0.0678. The minimum atomic E-state index is -0.415. The first-order valence-corrected chi connectivity index (χ1v) is 9.01. The molecule has 0 radical (unpaired) electrons. The van der Waals surface area contributed by atoms with E-state index in [4.69, 9.17) is 5.73 Å². The molecule has 3 heterocycles. The van der Waals surface area contributed by atoms with Crippen LogP contribution in [0.25, 0.3) is 10.6 Å². The van der Waals surface area contributed by atoms with E-state index in [0.29, 0.717) is 17.5 Å². The van der Waals surface area contributed by atoms with Gasteiger partial charge in [0, 0.05) is 13.1 Å². The number of nitrogen functional groups attached to an aromatic ring is 1. The van der Waals surface area contributed by atoms with Crippen LogP contribution < -0.4 is 11.3 Å². The molecule has 2 atom stereocenters. The van der Waals surface area contributed by atoms with Gasteiger partial charge in [-0.15, -0.1) is 11.3 Å². The third kappa shape index (κ3) is 3.51. The van der Waals surface area contributed by atoms with Crippen LogP contribution in [0.3, 0.4) is 0 Å². The first-order chi connectivity index (χ1) is 11.4. The molecule has 1 saturated heterocycles. The largest absolute Gasteiger partial charge is 0.394 e. The zero-order valence-electron chi connectivity index (χ0n) is 13.9.